The predicted octanol–water partition coefficient (Wildman–Crippen LogP) is 1.48. The second-order valence-corrected chi connectivity index (χ2v) is 7.78. The molecule has 0 aliphatic heterocycles. The zero-order valence-corrected chi connectivity index (χ0v) is 13.9. The van der Waals surface area contributed by atoms with Crippen molar-refractivity contribution in [2.45, 2.75) is 36.7 Å². The molecule has 1 fully saturated rings. The minimum Gasteiger partial charge on any atom is -0.290 e. The van der Waals surface area contributed by atoms with Crippen molar-refractivity contribution in [3.63, 3.8) is 0 Å². The number of aryl methyl sites for hydroxylation is 1. The molecule has 0 saturated heterocycles. The van der Waals surface area contributed by atoms with E-state index in [1.165, 1.54) is 6.20 Å². The van der Waals surface area contributed by atoms with Crippen LogP contribution in [0, 0.1) is 6.92 Å². The Hall–Kier alpha value is -2.55. The van der Waals surface area contributed by atoms with Crippen molar-refractivity contribution in [1.29, 1.82) is 0 Å². The van der Waals surface area contributed by atoms with Gasteiger partial charge in [-0.15, -0.1) is 5.10 Å². The Morgan fingerprint density at radius 2 is 2.04 bits per heavy atom. The Kier molecular flexibility index (Phi) is 3.45. The smallest absolute Gasteiger partial charge is 0.232 e. The van der Waals surface area contributed by atoms with Gasteiger partial charge < -0.3 is 0 Å². The van der Waals surface area contributed by atoms with E-state index in [-0.39, 0.29) is 17.0 Å². The number of rotatable bonds is 5. The maximum Gasteiger partial charge on any atom is 0.232 e. The van der Waals surface area contributed by atoms with Gasteiger partial charge in [0.25, 0.3) is 0 Å². The fourth-order valence-corrected chi connectivity index (χ4v) is 4.02. The van der Waals surface area contributed by atoms with Gasteiger partial charge in [-0.25, -0.2) is 18.1 Å². The van der Waals surface area contributed by atoms with Crippen LogP contribution in [0.4, 0.5) is 0 Å². The van der Waals surface area contributed by atoms with Gasteiger partial charge in [0, 0.05) is 12.4 Å². The number of hydrogen-bond acceptors (Lipinski definition) is 6. The number of sulfone groups is 1. The van der Waals surface area contributed by atoms with E-state index in [4.69, 9.17) is 0 Å². The highest BCUT2D eigenvalue weighted by molar-refractivity contribution is 7.90. The van der Waals surface area contributed by atoms with E-state index in [1.54, 1.807) is 15.4 Å². The fourth-order valence-electron chi connectivity index (χ4n) is 2.68. The van der Waals surface area contributed by atoms with Gasteiger partial charge in [0.15, 0.2) is 5.82 Å². The van der Waals surface area contributed by atoms with Gasteiger partial charge in [-0.1, -0.05) is 18.2 Å². The van der Waals surface area contributed by atoms with Crippen molar-refractivity contribution in [3.05, 3.63) is 48.0 Å². The lowest BCUT2D eigenvalue weighted by Gasteiger charge is -2.11. The molecule has 1 aromatic carbocycles. The number of hydrogen-bond donors (Lipinski definition) is 0. The van der Waals surface area contributed by atoms with Crippen molar-refractivity contribution in [1.82, 2.24) is 29.8 Å². The Labute approximate surface area is 139 Å². The van der Waals surface area contributed by atoms with Crippen LogP contribution in [0.5, 0.6) is 0 Å². The fraction of sp³-hybridized carbons (Fsp3) is 0.333. The summed E-state index contributed by atoms with van der Waals surface area (Å²) in [5.41, 5.74) is 1.75. The lowest BCUT2D eigenvalue weighted by Crippen LogP contribution is -2.15. The minimum atomic E-state index is -3.68. The normalized spacial score (nSPS) is 14.9. The summed E-state index contributed by atoms with van der Waals surface area (Å²) in [6.45, 7) is 1.93. The van der Waals surface area contributed by atoms with E-state index >= 15 is 0 Å². The predicted molar refractivity (Wildman–Crippen MR) is 85.3 cm³/mol. The van der Waals surface area contributed by atoms with Crippen LogP contribution in [0.1, 0.15) is 30.3 Å². The van der Waals surface area contributed by atoms with Crippen LogP contribution in [0.15, 0.2) is 41.8 Å². The Balaban J connectivity index is 1.72. The van der Waals surface area contributed by atoms with Crippen LogP contribution in [-0.2, 0) is 15.6 Å². The third-order valence-electron chi connectivity index (χ3n) is 4.03. The summed E-state index contributed by atoms with van der Waals surface area (Å²) in [4.78, 5) is 4.07. The van der Waals surface area contributed by atoms with E-state index in [0.29, 0.717) is 5.82 Å². The third kappa shape index (κ3) is 2.60. The van der Waals surface area contributed by atoms with Gasteiger partial charge in [-0.05, 0) is 41.8 Å². The highest BCUT2D eigenvalue weighted by Crippen LogP contribution is 2.35. The number of imidazole rings is 1. The molecule has 1 saturated carbocycles. The lowest BCUT2D eigenvalue weighted by atomic mass is 10.2. The van der Waals surface area contributed by atoms with Gasteiger partial charge in [-0.3, -0.25) is 4.57 Å². The molecule has 0 bridgehead atoms. The van der Waals surface area contributed by atoms with Crippen molar-refractivity contribution in [2.24, 2.45) is 0 Å². The van der Waals surface area contributed by atoms with Gasteiger partial charge in [0.05, 0.1) is 11.7 Å². The van der Waals surface area contributed by atoms with E-state index in [0.717, 1.165) is 24.1 Å². The first-order valence-electron chi connectivity index (χ1n) is 7.65. The summed E-state index contributed by atoms with van der Waals surface area (Å²) in [5, 5.41) is 11.4. The standard InChI is InChI=1S/C15H16N6O2S/c1-11-4-2-3-5-13(11)20-9-8-16-15(20)24(22,23)10-14-17-18-19-21(14)12-6-7-12/h2-5,8-9,12H,6-7,10H2,1H3. The molecule has 24 heavy (non-hydrogen) atoms. The molecular formula is C15H16N6O2S. The van der Waals surface area contributed by atoms with Crippen molar-refractivity contribution >= 4 is 9.84 Å². The van der Waals surface area contributed by atoms with Crippen molar-refractivity contribution in [3.8, 4) is 5.69 Å². The van der Waals surface area contributed by atoms with Crippen LogP contribution in [0.3, 0.4) is 0 Å². The maximum atomic E-state index is 12.9. The number of benzene rings is 1. The lowest BCUT2D eigenvalue weighted by molar-refractivity contribution is 0.567. The zero-order chi connectivity index (χ0) is 16.7. The highest BCUT2D eigenvalue weighted by atomic mass is 32.2. The molecule has 0 amide bonds. The second-order valence-electron chi connectivity index (χ2n) is 5.90. The second kappa shape index (κ2) is 5.52. The molecule has 2 aromatic heterocycles. The quantitative estimate of drug-likeness (QED) is 0.695. The summed E-state index contributed by atoms with van der Waals surface area (Å²) in [6.07, 6.45) is 5.11. The largest absolute Gasteiger partial charge is 0.290 e. The zero-order valence-electron chi connectivity index (χ0n) is 13.1. The molecule has 0 unspecified atom stereocenters. The molecule has 1 aliphatic carbocycles. The Morgan fingerprint density at radius 3 is 2.79 bits per heavy atom. The molecule has 9 heteroatoms. The van der Waals surface area contributed by atoms with Gasteiger partial charge >= 0.3 is 0 Å². The molecule has 4 rings (SSSR count). The average molecular weight is 344 g/mol. The monoisotopic (exact) mass is 344 g/mol. The molecule has 1 aliphatic rings. The van der Waals surface area contributed by atoms with Gasteiger partial charge in [-0.2, -0.15) is 0 Å². The molecule has 0 N–H and O–H groups in total. The number of tetrazole rings is 1. The van der Waals surface area contributed by atoms with Crippen LogP contribution >= 0.6 is 0 Å². The van der Waals surface area contributed by atoms with E-state index in [1.807, 2.05) is 31.2 Å². The van der Waals surface area contributed by atoms with E-state index < -0.39 is 9.84 Å². The Bertz CT molecular complexity index is 987. The van der Waals surface area contributed by atoms with Gasteiger partial charge in [0.1, 0.15) is 5.75 Å². The molecule has 8 nitrogen and oxygen atoms in total. The first-order valence-corrected chi connectivity index (χ1v) is 9.30. The molecule has 0 radical (unpaired) electrons. The summed E-state index contributed by atoms with van der Waals surface area (Å²) >= 11 is 0. The van der Waals surface area contributed by atoms with Crippen LogP contribution < -0.4 is 0 Å². The number of aromatic nitrogens is 6. The summed E-state index contributed by atoms with van der Waals surface area (Å²) in [6, 6.07) is 7.80. The van der Waals surface area contributed by atoms with Gasteiger partial charge in [0.2, 0.25) is 15.0 Å². The number of para-hydroxylation sites is 1. The van der Waals surface area contributed by atoms with Crippen molar-refractivity contribution < 1.29 is 8.42 Å². The number of nitrogens with zero attached hydrogens (tertiary/aromatic N) is 6. The topological polar surface area (TPSA) is 95.6 Å². The van der Waals surface area contributed by atoms with Crippen LogP contribution in [0.2, 0.25) is 0 Å². The van der Waals surface area contributed by atoms with Crippen LogP contribution in [-0.4, -0.2) is 38.2 Å². The summed E-state index contributed by atoms with van der Waals surface area (Å²) < 4.78 is 28.9. The summed E-state index contributed by atoms with van der Waals surface area (Å²) in [7, 11) is -3.68. The minimum absolute atomic E-state index is 0.00199. The molecule has 0 atom stereocenters. The molecule has 2 heterocycles. The van der Waals surface area contributed by atoms with Crippen molar-refractivity contribution in [2.75, 3.05) is 0 Å². The Morgan fingerprint density at radius 1 is 1.25 bits per heavy atom. The van der Waals surface area contributed by atoms with E-state index in [2.05, 4.69) is 20.5 Å². The molecule has 0 spiro atoms. The molecule has 3 aromatic rings. The SMILES string of the molecule is Cc1ccccc1-n1ccnc1S(=O)(=O)Cc1nnnn1C1CC1. The first kappa shape index (κ1) is 15.0. The third-order valence-corrected chi connectivity index (χ3v) is 5.53. The maximum absolute atomic E-state index is 12.9. The molecule has 124 valence electrons. The first-order chi connectivity index (χ1) is 11.6. The summed E-state index contributed by atoms with van der Waals surface area (Å²) in [5.74, 6) is 0.0937. The van der Waals surface area contributed by atoms with Crippen LogP contribution in [0.25, 0.3) is 5.69 Å². The highest BCUT2D eigenvalue weighted by Gasteiger charge is 2.31. The average Bonchev–Trinajstić information content (AvgIpc) is 3.08. The molecular weight excluding hydrogens is 328 g/mol. The van der Waals surface area contributed by atoms with E-state index in [9.17, 15) is 8.42 Å².